The van der Waals surface area contributed by atoms with Gasteiger partial charge in [-0.15, -0.1) is 0 Å². The van der Waals surface area contributed by atoms with Crippen molar-refractivity contribution in [2.45, 2.75) is 25.8 Å². The van der Waals surface area contributed by atoms with E-state index in [0.29, 0.717) is 0 Å². The molecule has 4 heteroatoms. The fraction of sp³-hybridized carbons (Fsp3) is 0.357. The predicted octanol–water partition coefficient (Wildman–Crippen LogP) is 3.12. The monoisotopic (exact) mass is 307 g/mol. The van der Waals surface area contributed by atoms with Gasteiger partial charge in [0.15, 0.2) is 0 Å². The van der Waals surface area contributed by atoms with Gasteiger partial charge in [0.2, 0.25) is 0 Å². The largest absolute Gasteiger partial charge is 0.324 e. The maximum Gasteiger partial charge on any atom is 0.0492 e. The van der Waals surface area contributed by atoms with Crippen LogP contribution in [0.15, 0.2) is 34.9 Å². The third-order valence-electron chi connectivity index (χ3n) is 3.19. The average Bonchev–Trinajstić information content (AvgIpc) is 2.72. The van der Waals surface area contributed by atoms with Crippen LogP contribution in [-0.4, -0.2) is 9.78 Å². The Kier molecular flexibility index (Phi) is 4.19. The second-order valence-corrected chi connectivity index (χ2v) is 5.47. The lowest BCUT2D eigenvalue weighted by Gasteiger charge is -2.14. The molecule has 1 unspecified atom stereocenters. The molecule has 0 bridgehead atoms. The Balaban J connectivity index is 2.03. The molecule has 3 nitrogen and oxygen atoms in total. The standard InChI is InChI=1S/C14H18BrN3/c1-10-3-5-12(13(15)9-10)14(16)6-4-11-7-8-17-18(11)2/h3,5,7-9,14H,4,6,16H2,1-2H3. The molecule has 0 spiro atoms. The Labute approximate surface area is 116 Å². The molecule has 18 heavy (non-hydrogen) atoms. The molecule has 1 heterocycles. The van der Waals surface area contributed by atoms with Crippen LogP contribution in [0.5, 0.6) is 0 Å². The zero-order valence-electron chi connectivity index (χ0n) is 10.7. The van der Waals surface area contributed by atoms with Crippen LogP contribution in [0.25, 0.3) is 0 Å². The summed E-state index contributed by atoms with van der Waals surface area (Å²) in [4.78, 5) is 0. The van der Waals surface area contributed by atoms with E-state index < -0.39 is 0 Å². The lowest BCUT2D eigenvalue weighted by atomic mass is 10.0. The van der Waals surface area contributed by atoms with E-state index in [1.54, 1.807) is 0 Å². The van der Waals surface area contributed by atoms with Crippen molar-refractivity contribution in [2.75, 3.05) is 0 Å². The van der Waals surface area contributed by atoms with Gasteiger partial charge in [-0.25, -0.2) is 0 Å². The smallest absolute Gasteiger partial charge is 0.0492 e. The van der Waals surface area contributed by atoms with Gasteiger partial charge in [0, 0.05) is 29.5 Å². The van der Waals surface area contributed by atoms with Crippen LogP contribution in [-0.2, 0) is 13.5 Å². The van der Waals surface area contributed by atoms with Gasteiger partial charge in [-0.3, -0.25) is 4.68 Å². The average molecular weight is 308 g/mol. The van der Waals surface area contributed by atoms with Gasteiger partial charge >= 0.3 is 0 Å². The van der Waals surface area contributed by atoms with Crippen molar-refractivity contribution in [3.63, 3.8) is 0 Å². The van der Waals surface area contributed by atoms with Crippen molar-refractivity contribution in [1.29, 1.82) is 0 Å². The molecule has 2 aromatic rings. The van der Waals surface area contributed by atoms with E-state index in [4.69, 9.17) is 5.73 Å². The summed E-state index contributed by atoms with van der Waals surface area (Å²) in [6.45, 7) is 2.08. The highest BCUT2D eigenvalue weighted by atomic mass is 79.9. The summed E-state index contributed by atoms with van der Waals surface area (Å²) in [5.41, 5.74) is 9.88. The predicted molar refractivity (Wildman–Crippen MR) is 77.3 cm³/mol. The van der Waals surface area contributed by atoms with Crippen LogP contribution < -0.4 is 5.73 Å². The minimum atomic E-state index is 0.0508. The number of hydrogen-bond acceptors (Lipinski definition) is 2. The molecule has 0 aliphatic heterocycles. The number of aryl methyl sites for hydroxylation is 3. The first-order valence-electron chi connectivity index (χ1n) is 6.06. The second kappa shape index (κ2) is 5.67. The minimum Gasteiger partial charge on any atom is -0.324 e. The molecule has 1 atom stereocenters. The first kappa shape index (κ1) is 13.3. The van der Waals surface area contributed by atoms with Crippen molar-refractivity contribution in [1.82, 2.24) is 9.78 Å². The fourth-order valence-electron chi connectivity index (χ4n) is 2.04. The maximum absolute atomic E-state index is 6.25. The normalized spacial score (nSPS) is 12.7. The Morgan fingerprint density at radius 2 is 2.17 bits per heavy atom. The van der Waals surface area contributed by atoms with E-state index in [1.807, 2.05) is 24.0 Å². The molecule has 2 N–H and O–H groups in total. The number of benzene rings is 1. The molecule has 0 fully saturated rings. The van der Waals surface area contributed by atoms with Gasteiger partial charge in [0.25, 0.3) is 0 Å². The number of aromatic nitrogens is 2. The quantitative estimate of drug-likeness (QED) is 0.943. The zero-order valence-corrected chi connectivity index (χ0v) is 12.3. The van der Waals surface area contributed by atoms with Crippen molar-refractivity contribution in [3.8, 4) is 0 Å². The van der Waals surface area contributed by atoms with E-state index in [0.717, 1.165) is 17.3 Å². The van der Waals surface area contributed by atoms with Gasteiger partial charge < -0.3 is 5.73 Å². The highest BCUT2D eigenvalue weighted by Crippen LogP contribution is 2.26. The molecule has 0 radical (unpaired) electrons. The molecule has 96 valence electrons. The van der Waals surface area contributed by atoms with Crippen molar-refractivity contribution < 1.29 is 0 Å². The first-order chi connectivity index (χ1) is 8.58. The van der Waals surface area contributed by atoms with E-state index >= 15 is 0 Å². The minimum absolute atomic E-state index is 0.0508. The van der Waals surface area contributed by atoms with Gasteiger partial charge in [0.1, 0.15) is 0 Å². The third kappa shape index (κ3) is 3.00. The van der Waals surface area contributed by atoms with Gasteiger partial charge in [-0.1, -0.05) is 28.1 Å². The summed E-state index contributed by atoms with van der Waals surface area (Å²) >= 11 is 3.58. The highest BCUT2D eigenvalue weighted by molar-refractivity contribution is 9.10. The topological polar surface area (TPSA) is 43.8 Å². The van der Waals surface area contributed by atoms with Gasteiger partial charge in [0.05, 0.1) is 0 Å². The highest BCUT2D eigenvalue weighted by Gasteiger charge is 2.11. The van der Waals surface area contributed by atoms with Crippen LogP contribution in [0.3, 0.4) is 0 Å². The lowest BCUT2D eigenvalue weighted by molar-refractivity contribution is 0.612. The van der Waals surface area contributed by atoms with E-state index in [2.05, 4.69) is 46.2 Å². The Hall–Kier alpha value is -1.13. The van der Waals surface area contributed by atoms with Gasteiger partial charge in [-0.2, -0.15) is 5.10 Å². The summed E-state index contributed by atoms with van der Waals surface area (Å²) in [7, 11) is 1.96. The number of nitrogens with two attached hydrogens (primary N) is 1. The van der Waals surface area contributed by atoms with Crippen LogP contribution in [0.2, 0.25) is 0 Å². The van der Waals surface area contributed by atoms with Crippen molar-refractivity contribution in [2.24, 2.45) is 12.8 Å². The molecule has 0 amide bonds. The Bertz CT molecular complexity index is 534. The molecule has 0 saturated carbocycles. The van der Waals surface area contributed by atoms with Crippen molar-refractivity contribution in [3.05, 3.63) is 51.8 Å². The second-order valence-electron chi connectivity index (χ2n) is 4.62. The van der Waals surface area contributed by atoms with Gasteiger partial charge in [-0.05, 0) is 43.0 Å². The molecular formula is C14H18BrN3. The molecule has 0 aliphatic carbocycles. The fourth-order valence-corrected chi connectivity index (χ4v) is 2.83. The van der Waals surface area contributed by atoms with Crippen LogP contribution >= 0.6 is 15.9 Å². The van der Waals surface area contributed by atoms with E-state index in [9.17, 15) is 0 Å². The summed E-state index contributed by atoms with van der Waals surface area (Å²) < 4.78 is 3.00. The molecular weight excluding hydrogens is 290 g/mol. The molecule has 0 saturated heterocycles. The molecule has 0 aliphatic rings. The first-order valence-corrected chi connectivity index (χ1v) is 6.85. The van der Waals surface area contributed by atoms with E-state index in [-0.39, 0.29) is 6.04 Å². The molecule has 1 aromatic carbocycles. The molecule has 2 rings (SSSR count). The Morgan fingerprint density at radius 1 is 1.39 bits per heavy atom. The lowest BCUT2D eigenvalue weighted by Crippen LogP contribution is -2.13. The summed E-state index contributed by atoms with van der Waals surface area (Å²) in [6, 6.07) is 8.41. The molecule has 1 aromatic heterocycles. The summed E-state index contributed by atoms with van der Waals surface area (Å²) in [5, 5.41) is 4.16. The summed E-state index contributed by atoms with van der Waals surface area (Å²) in [5.74, 6) is 0. The van der Waals surface area contributed by atoms with Crippen LogP contribution in [0.4, 0.5) is 0 Å². The van der Waals surface area contributed by atoms with E-state index in [1.165, 1.54) is 16.8 Å². The maximum atomic E-state index is 6.25. The zero-order chi connectivity index (χ0) is 13.1. The number of hydrogen-bond donors (Lipinski definition) is 1. The van der Waals surface area contributed by atoms with Crippen molar-refractivity contribution >= 4 is 15.9 Å². The third-order valence-corrected chi connectivity index (χ3v) is 3.88. The Morgan fingerprint density at radius 3 is 2.78 bits per heavy atom. The summed E-state index contributed by atoms with van der Waals surface area (Å²) in [6.07, 6.45) is 3.68. The van der Waals surface area contributed by atoms with Crippen LogP contribution in [0.1, 0.15) is 29.3 Å². The number of rotatable bonds is 4. The number of nitrogens with zero attached hydrogens (tertiary/aromatic N) is 2. The van der Waals surface area contributed by atoms with Crippen LogP contribution in [0, 0.1) is 6.92 Å². The number of halogens is 1. The SMILES string of the molecule is Cc1ccc(C(N)CCc2ccnn2C)c(Br)c1.